The predicted molar refractivity (Wildman–Crippen MR) is 109 cm³/mol. The highest BCUT2D eigenvalue weighted by atomic mass is 32.2. The first-order valence-corrected chi connectivity index (χ1v) is 12.0. The minimum atomic E-state index is -4.01. The third-order valence-electron chi connectivity index (χ3n) is 4.40. The molecule has 5 nitrogen and oxygen atoms in total. The highest BCUT2D eigenvalue weighted by Gasteiger charge is 2.04. The summed E-state index contributed by atoms with van der Waals surface area (Å²) in [6.45, 7) is 2.19. The fraction of sp³-hybridized carbons (Fsp3) is 0.850. The van der Waals surface area contributed by atoms with Gasteiger partial charge in [-0.05, 0) is 18.9 Å². The van der Waals surface area contributed by atoms with Gasteiger partial charge in [-0.15, -0.1) is 0 Å². The molecule has 0 fully saturated rings. The summed E-state index contributed by atoms with van der Waals surface area (Å²) in [5, 5.41) is 2.42. The van der Waals surface area contributed by atoms with Gasteiger partial charge in [0.2, 0.25) is 5.91 Å². The van der Waals surface area contributed by atoms with E-state index in [-0.39, 0.29) is 12.5 Å². The molecule has 0 aromatic carbocycles. The van der Waals surface area contributed by atoms with Crippen LogP contribution in [0.15, 0.2) is 12.2 Å². The van der Waals surface area contributed by atoms with E-state index >= 15 is 0 Å². The van der Waals surface area contributed by atoms with Crippen molar-refractivity contribution in [3.05, 3.63) is 12.2 Å². The highest BCUT2D eigenvalue weighted by Crippen LogP contribution is 2.12. The Bertz CT molecular complexity index is 460. The molecular weight excluding hydrogens is 350 g/mol. The Morgan fingerprint density at radius 3 is 1.77 bits per heavy atom. The van der Waals surface area contributed by atoms with E-state index in [2.05, 4.69) is 12.2 Å². The Hall–Kier alpha value is -0.880. The number of hydrogen-bond acceptors (Lipinski definition) is 3. The van der Waals surface area contributed by atoms with Crippen molar-refractivity contribution in [3.63, 3.8) is 0 Å². The van der Waals surface area contributed by atoms with Crippen molar-refractivity contribution in [2.24, 2.45) is 0 Å². The van der Waals surface area contributed by atoms with Crippen LogP contribution in [0.4, 0.5) is 0 Å². The molecule has 154 valence electrons. The van der Waals surface area contributed by atoms with E-state index in [4.69, 9.17) is 4.55 Å². The van der Waals surface area contributed by atoms with E-state index < -0.39 is 15.9 Å². The lowest BCUT2D eigenvalue weighted by Gasteiger charge is -2.02. The van der Waals surface area contributed by atoms with Crippen LogP contribution in [-0.4, -0.2) is 31.2 Å². The van der Waals surface area contributed by atoms with Crippen molar-refractivity contribution in [3.8, 4) is 0 Å². The lowest BCUT2D eigenvalue weighted by Crippen LogP contribution is -2.27. The molecule has 0 aliphatic heterocycles. The fourth-order valence-corrected chi connectivity index (χ4v) is 3.19. The maximum absolute atomic E-state index is 11.4. The molecule has 26 heavy (non-hydrogen) atoms. The van der Waals surface area contributed by atoms with Crippen LogP contribution in [0, 0.1) is 0 Å². The molecule has 0 heterocycles. The molecule has 0 radical (unpaired) electrons. The van der Waals surface area contributed by atoms with E-state index in [1.165, 1.54) is 83.1 Å². The lowest BCUT2D eigenvalue weighted by atomic mass is 10.0. The van der Waals surface area contributed by atoms with Crippen LogP contribution in [0.2, 0.25) is 0 Å². The summed E-state index contributed by atoms with van der Waals surface area (Å²) in [7, 11) is -4.01. The van der Waals surface area contributed by atoms with Gasteiger partial charge in [-0.1, -0.05) is 90.0 Å². The van der Waals surface area contributed by atoms with Crippen LogP contribution in [-0.2, 0) is 14.9 Å². The average molecular weight is 390 g/mol. The molecule has 0 rings (SSSR count). The molecule has 0 bridgehead atoms. The van der Waals surface area contributed by atoms with E-state index in [1.54, 1.807) is 0 Å². The van der Waals surface area contributed by atoms with Gasteiger partial charge in [0.15, 0.2) is 0 Å². The van der Waals surface area contributed by atoms with Gasteiger partial charge in [-0.3, -0.25) is 9.35 Å². The molecule has 0 saturated heterocycles. The summed E-state index contributed by atoms with van der Waals surface area (Å²) in [6.07, 6.45) is 21.3. The van der Waals surface area contributed by atoms with Gasteiger partial charge < -0.3 is 5.32 Å². The summed E-state index contributed by atoms with van der Waals surface area (Å²) >= 11 is 0. The van der Waals surface area contributed by atoms with Gasteiger partial charge in [-0.2, -0.15) is 8.42 Å². The van der Waals surface area contributed by atoms with Crippen LogP contribution in [0.25, 0.3) is 0 Å². The Morgan fingerprint density at radius 2 is 1.31 bits per heavy atom. The smallest absolute Gasteiger partial charge is 0.266 e. The molecule has 1 amide bonds. The Balaban J connectivity index is 3.29. The maximum Gasteiger partial charge on any atom is 0.266 e. The topological polar surface area (TPSA) is 83.5 Å². The first-order chi connectivity index (χ1) is 12.5. The normalized spacial score (nSPS) is 11.9. The largest absolute Gasteiger partial charge is 0.351 e. The van der Waals surface area contributed by atoms with Crippen LogP contribution in [0.3, 0.4) is 0 Å². The van der Waals surface area contributed by atoms with Crippen LogP contribution >= 0.6 is 0 Å². The molecule has 0 unspecified atom stereocenters. The Kier molecular flexibility index (Phi) is 16.9. The molecule has 0 saturated carbocycles. The monoisotopic (exact) mass is 389 g/mol. The van der Waals surface area contributed by atoms with Crippen LogP contribution < -0.4 is 5.32 Å². The van der Waals surface area contributed by atoms with Crippen molar-refractivity contribution < 1.29 is 17.8 Å². The maximum atomic E-state index is 11.4. The SMILES string of the molecule is CCCCCCCCCCCCCCC/C=C/C(=O)NCCS(=O)(=O)O. The Morgan fingerprint density at radius 1 is 0.846 bits per heavy atom. The first-order valence-electron chi connectivity index (χ1n) is 10.3. The summed E-state index contributed by atoms with van der Waals surface area (Å²) < 4.78 is 29.6. The zero-order chi connectivity index (χ0) is 19.5. The highest BCUT2D eigenvalue weighted by molar-refractivity contribution is 7.85. The van der Waals surface area contributed by atoms with E-state index in [0.29, 0.717) is 0 Å². The second-order valence-corrected chi connectivity index (χ2v) is 8.58. The van der Waals surface area contributed by atoms with Gasteiger partial charge in [0.1, 0.15) is 0 Å². The zero-order valence-electron chi connectivity index (χ0n) is 16.5. The Labute approximate surface area is 160 Å². The number of amides is 1. The van der Waals surface area contributed by atoms with Crippen molar-refractivity contribution in [1.82, 2.24) is 5.32 Å². The molecule has 2 N–H and O–H groups in total. The van der Waals surface area contributed by atoms with Gasteiger partial charge in [0.25, 0.3) is 10.1 Å². The molecule has 6 heteroatoms. The van der Waals surface area contributed by atoms with Gasteiger partial charge in [0.05, 0.1) is 5.75 Å². The van der Waals surface area contributed by atoms with Crippen molar-refractivity contribution in [1.29, 1.82) is 0 Å². The van der Waals surface area contributed by atoms with Gasteiger partial charge in [0, 0.05) is 6.54 Å². The van der Waals surface area contributed by atoms with Gasteiger partial charge >= 0.3 is 0 Å². The fourth-order valence-electron chi connectivity index (χ4n) is 2.83. The number of allylic oxidation sites excluding steroid dienone is 1. The number of unbranched alkanes of at least 4 members (excludes halogenated alkanes) is 13. The van der Waals surface area contributed by atoms with Crippen LogP contribution in [0.1, 0.15) is 96.8 Å². The summed E-state index contributed by atoms with van der Waals surface area (Å²) in [6, 6.07) is 0. The third-order valence-corrected chi connectivity index (χ3v) is 5.12. The minimum Gasteiger partial charge on any atom is -0.351 e. The van der Waals surface area contributed by atoms with Crippen molar-refractivity contribution >= 4 is 16.0 Å². The third kappa shape index (κ3) is 21.2. The summed E-state index contributed by atoms with van der Waals surface area (Å²) in [5.74, 6) is -0.769. The number of rotatable bonds is 18. The number of hydrogen-bond donors (Lipinski definition) is 2. The van der Waals surface area contributed by atoms with E-state index in [9.17, 15) is 13.2 Å². The summed E-state index contributed by atoms with van der Waals surface area (Å²) in [5.41, 5.74) is 0. The molecule has 0 aromatic rings. The summed E-state index contributed by atoms with van der Waals surface area (Å²) in [4.78, 5) is 11.4. The predicted octanol–water partition coefficient (Wildman–Crippen LogP) is 5.03. The molecule has 0 aliphatic rings. The molecule has 0 atom stereocenters. The number of carbonyl (C=O) groups excluding carboxylic acids is 1. The standard InChI is InChI=1S/C20H39NO4S/c1-2-3-4-5-6-7-8-9-10-11-12-13-14-15-16-17-20(22)21-18-19-26(23,24)25/h16-17H,2-15,18-19H2,1H3,(H,21,22)(H,23,24,25)/b17-16+. The van der Waals surface area contributed by atoms with Crippen molar-refractivity contribution in [2.45, 2.75) is 96.8 Å². The second-order valence-electron chi connectivity index (χ2n) is 7.01. The number of carbonyl (C=O) groups is 1. The zero-order valence-corrected chi connectivity index (χ0v) is 17.4. The molecule has 0 aromatic heterocycles. The van der Waals surface area contributed by atoms with E-state index in [0.717, 1.165) is 12.8 Å². The first kappa shape index (κ1) is 25.1. The average Bonchev–Trinajstić information content (AvgIpc) is 2.57. The van der Waals surface area contributed by atoms with Crippen LogP contribution in [0.5, 0.6) is 0 Å². The quantitative estimate of drug-likeness (QED) is 0.196. The minimum absolute atomic E-state index is 0.0687. The molecule has 0 spiro atoms. The number of nitrogens with one attached hydrogen (secondary N) is 1. The lowest BCUT2D eigenvalue weighted by molar-refractivity contribution is -0.116. The van der Waals surface area contributed by atoms with Gasteiger partial charge in [-0.25, -0.2) is 0 Å². The second kappa shape index (κ2) is 17.5. The van der Waals surface area contributed by atoms with E-state index in [1.807, 2.05) is 6.08 Å². The molecular formula is C20H39NO4S. The molecule has 0 aliphatic carbocycles. The van der Waals surface area contributed by atoms with Crippen molar-refractivity contribution in [2.75, 3.05) is 12.3 Å².